The number of nitrogens with zero attached hydrogens (tertiary/aromatic N) is 1. The van der Waals surface area contributed by atoms with Gasteiger partial charge in [-0.1, -0.05) is 13.3 Å². The number of amides is 1. The van der Waals surface area contributed by atoms with E-state index in [1.54, 1.807) is 0 Å². The van der Waals surface area contributed by atoms with Crippen molar-refractivity contribution in [2.45, 2.75) is 45.1 Å². The van der Waals surface area contributed by atoms with Gasteiger partial charge in [-0.25, -0.2) is 0 Å². The molecule has 0 aromatic heterocycles. The van der Waals surface area contributed by atoms with Crippen LogP contribution in [0.4, 0.5) is 0 Å². The zero-order chi connectivity index (χ0) is 13.2. The summed E-state index contributed by atoms with van der Waals surface area (Å²) in [7, 11) is 0. The van der Waals surface area contributed by atoms with Crippen molar-refractivity contribution in [1.82, 2.24) is 10.2 Å². The number of rotatable bonds is 5. The van der Waals surface area contributed by atoms with Crippen LogP contribution in [0.5, 0.6) is 0 Å². The molecule has 1 aliphatic heterocycles. The molecule has 5 nitrogen and oxygen atoms in total. The predicted octanol–water partition coefficient (Wildman–Crippen LogP) is 0.842. The Hall–Kier alpha value is -1.10. The lowest BCUT2D eigenvalue weighted by atomic mass is 9.68. The maximum absolute atomic E-state index is 12.0. The first-order valence-corrected chi connectivity index (χ1v) is 6.86. The van der Waals surface area contributed by atoms with E-state index in [9.17, 15) is 14.7 Å². The first-order valence-electron chi connectivity index (χ1n) is 6.86. The van der Waals surface area contributed by atoms with Crippen molar-refractivity contribution < 1.29 is 14.7 Å². The van der Waals surface area contributed by atoms with Crippen LogP contribution in [0.2, 0.25) is 0 Å². The molecule has 0 bridgehead atoms. The monoisotopic (exact) mass is 254 g/mol. The van der Waals surface area contributed by atoms with Crippen LogP contribution in [-0.2, 0) is 9.59 Å². The summed E-state index contributed by atoms with van der Waals surface area (Å²) < 4.78 is 0. The molecule has 0 aromatic carbocycles. The minimum absolute atomic E-state index is 0.288. The lowest BCUT2D eigenvalue weighted by Crippen LogP contribution is -2.53. The Morgan fingerprint density at radius 1 is 1.39 bits per heavy atom. The molecule has 1 atom stereocenters. The van der Waals surface area contributed by atoms with Gasteiger partial charge in [-0.3, -0.25) is 14.5 Å². The highest BCUT2D eigenvalue weighted by Gasteiger charge is 2.51. The molecule has 1 heterocycles. The van der Waals surface area contributed by atoms with E-state index in [1.165, 1.54) is 6.42 Å². The highest BCUT2D eigenvalue weighted by Crippen LogP contribution is 2.41. The summed E-state index contributed by atoms with van der Waals surface area (Å²) in [5.74, 6) is -1.26. The van der Waals surface area contributed by atoms with Crippen LogP contribution in [0.1, 0.15) is 39.0 Å². The average molecular weight is 254 g/mol. The smallest absolute Gasteiger partial charge is 0.319 e. The SMILES string of the molecule is CCN1CCCC1CNC(=O)C1(C(=O)O)CCC1. The normalized spacial score (nSPS) is 26.6. The second-order valence-electron chi connectivity index (χ2n) is 5.38. The molecular formula is C13H22N2O3. The van der Waals surface area contributed by atoms with Gasteiger partial charge in [0, 0.05) is 12.6 Å². The molecule has 1 aliphatic carbocycles. The van der Waals surface area contributed by atoms with Crippen LogP contribution in [0.3, 0.4) is 0 Å². The first-order chi connectivity index (χ1) is 8.60. The molecule has 2 rings (SSSR count). The molecular weight excluding hydrogens is 232 g/mol. The number of nitrogens with one attached hydrogen (secondary N) is 1. The van der Waals surface area contributed by atoms with Gasteiger partial charge >= 0.3 is 5.97 Å². The third-order valence-electron chi connectivity index (χ3n) is 4.45. The fourth-order valence-electron chi connectivity index (χ4n) is 2.99. The van der Waals surface area contributed by atoms with Crippen molar-refractivity contribution in [3.63, 3.8) is 0 Å². The molecule has 0 radical (unpaired) electrons. The number of carbonyl (C=O) groups is 2. The molecule has 0 aromatic rings. The molecule has 1 unspecified atom stereocenters. The summed E-state index contributed by atoms with van der Waals surface area (Å²) in [5.41, 5.74) is -1.13. The second kappa shape index (κ2) is 5.26. The van der Waals surface area contributed by atoms with E-state index in [1.807, 2.05) is 0 Å². The molecule has 5 heteroatoms. The highest BCUT2D eigenvalue weighted by molar-refractivity contribution is 6.02. The van der Waals surface area contributed by atoms with Crippen molar-refractivity contribution in [2.75, 3.05) is 19.6 Å². The number of carbonyl (C=O) groups excluding carboxylic acids is 1. The summed E-state index contributed by atoms with van der Waals surface area (Å²) in [6, 6.07) is 0.380. The van der Waals surface area contributed by atoms with Crippen LogP contribution in [0, 0.1) is 5.41 Å². The number of carboxylic acid groups (broad SMARTS) is 1. The van der Waals surface area contributed by atoms with E-state index >= 15 is 0 Å². The average Bonchev–Trinajstić information content (AvgIpc) is 2.71. The molecule has 18 heavy (non-hydrogen) atoms. The fraction of sp³-hybridized carbons (Fsp3) is 0.846. The third-order valence-corrected chi connectivity index (χ3v) is 4.45. The number of likely N-dealkylation sites (tertiary alicyclic amines) is 1. The van der Waals surface area contributed by atoms with Gasteiger partial charge in [0.15, 0.2) is 0 Å². The molecule has 102 valence electrons. The summed E-state index contributed by atoms with van der Waals surface area (Å²) in [5, 5.41) is 12.0. The molecule has 1 amide bonds. The molecule has 2 N–H and O–H groups in total. The molecule has 0 spiro atoms. The first kappa shape index (κ1) is 13.3. The van der Waals surface area contributed by atoms with Crippen LogP contribution in [-0.4, -0.2) is 47.6 Å². The number of hydrogen-bond donors (Lipinski definition) is 2. The molecule has 2 fully saturated rings. The van der Waals surface area contributed by atoms with Crippen molar-refractivity contribution in [3.05, 3.63) is 0 Å². The summed E-state index contributed by atoms with van der Waals surface area (Å²) in [6.45, 7) is 4.78. The summed E-state index contributed by atoms with van der Waals surface area (Å²) in [6.07, 6.45) is 4.06. The second-order valence-corrected chi connectivity index (χ2v) is 5.38. The van der Waals surface area contributed by atoms with Crippen molar-refractivity contribution in [1.29, 1.82) is 0 Å². The van der Waals surface area contributed by atoms with Gasteiger partial charge in [0.2, 0.25) is 5.91 Å². The Bertz CT molecular complexity index is 339. The van der Waals surface area contributed by atoms with Gasteiger partial charge in [0.05, 0.1) is 0 Å². The van der Waals surface area contributed by atoms with Gasteiger partial charge in [-0.15, -0.1) is 0 Å². The van der Waals surface area contributed by atoms with E-state index in [2.05, 4.69) is 17.1 Å². The molecule has 1 saturated heterocycles. The number of aliphatic carboxylic acids is 1. The Morgan fingerprint density at radius 3 is 2.61 bits per heavy atom. The molecule has 1 saturated carbocycles. The zero-order valence-electron chi connectivity index (χ0n) is 10.9. The van der Waals surface area contributed by atoms with Crippen LogP contribution >= 0.6 is 0 Å². The van der Waals surface area contributed by atoms with Gasteiger partial charge in [0.25, 0.3) is 0 Å². The third kappa shape index (κ3) is 2.23. The largest absolute Gasteiger partial charge is 0.480 e. The van der Waals surface area contributed by atoms with E-state index in [-0.39, 0.29) is 5.91 Å². The number of hydrogen-bond acceptors (Lipinski definition) is 3. The Balaban J connectivity index is 1.86. The van der Waals surface area contributed by atoms with Crippen LogP contribution in [0.25, 0.3) is 0 Å². The predicted molar refractivity (Wildman–Crippen MR) is 67.2 cm³/mol. The minimum atomic E-state index is -1.13. The van der Waals surface area contributed by atoms with E-state index in [0.717, 1.165) is 25.9 Å². The van der Waals surface area contributed by atoms with Gasteiger partial charge in [-0.05, 0) is 38.8 Å². The topological polar surface area (TPSA) is 69.6 Å². The van der Waals surface area contributed by atoms with Crippen LogP contribution < -0.4 is 5.32 Å². The maximum Gasteiger partial charge on any atom is 0.319 e. The van der Waals surface area contributed by atoms with E-state index < -0.39 is 11.4 Å². The van der Waals surface area contributed by atoms with Crippen molar-refractivity contribution >= 4 is 11.9 Å². The van der Waals surface area contributed by atoms with Crippen molar-refractivity contribution in [2.24, 2.45) is 5.41 Å². The van der Waals surface area contributed by atoms with Crippen LogP contribution in [0.15, 0.2) is 0 Å². The Morgan fingerprint density at radius 2 is 2.11 bits per heavy atom. The van der Waals surface area contributed by atoms with Gasteiger partial charge < -0.3 is 10.4 Å². The minimum Gasteiger partial charge on any atom is -0.480 e. The standard InChI is InChI=1S/C13H22N2O3/c1-2-15-8-3-5-10(15)9-14-11(16)13(12(17)18)6-4-7-13/h10H,2-9H2,1H3,(H,14,16)(H,17,18). The maximum atomic E-state index is 12.0. The van der Waals surface area contributed by atoms with Crippen molar-refractivity contribution in [3.8, 4) is 0 Å². The summed E-state index contributed by atoms with van der Waals surface area (Å²) >= 11 is 0. The lowest BCUT2D eigenvalue weighted by molar-refractivity contribution is -0.162. The molecule has 2 aliphatic rings. The lowest BCUT2D eigenvalue weighted by Gasteiger charge is -2.36. The zero-order valence-corrected chi connectivity index (χ0v) is 10.9. The highest BCUT2D eigenvalue weighted by atomic mass is 16.4. The quantitative estimate of drug-likeness (QED) is 0.713. The van der Waals surface area contributed by atoms with Gasteiger partial charge in [-0.2, -0.15) is 0 Å². The Labute approximate surface area is 108 Å². The number of likely N-dealkylation sites (N-methyl/N-ethyl adjacent to an activating group) is 1. The van der Waals surface area contributed by atoms with E-state index in [0.29, 0.717) is 25.4 Å². The van der Waals surface area contributed by atoms with Gasteiger partial charge in [0.1, 0.15) is 5.41 Å². The Kier molecular flexibility index (Phi) is 3.90. The van der Waals surface area contributed by atoms with E-state index in [4.69, 9.17) is 0 Å². The number of carboxylic acids is 1. The fourth-order valence-corrected chi connectivity index (χ4v) is 2.99. The summed E-state index contributed by atoms with van der Waals surface area (Å²) in [4.78, 5) is 25.6.